The number of H-pyrrole nitrogens is 1. The first-order valence-corrected chi connectivity index (χ1v) is 9.54. The predicted molar refractivity (Wildman–Crippen MR) is 106 cm³/mol. The zero-order chi connectivity index (χ0) is 17.9. The van der Waals surface area contributed by atoms with Crippen LogP contribution >= 0.6 is 0 Å². The first-order valence-electron chi connectivity index (χ1n) is 9.54. The molecule has 0 aliphatic carbocycles. The molecule has 4 nitrogen and oxygen atoms in total. The summed E-state index contributed by atoms with van der Waals surface area (Å²) in [6.45, 7) is 4.16. The minimum Gasteiger partial charge on any atom is -0.486 e. The van der Waals surface area contributed by atoms with Gasteiger partial charge in [-0.25, -0.2) is 0 Å². The highest BCUT2D eigenvalue weighted by atomic mass is 16.6. The van der Waals surface area contributed by atoms with Crippen LogP contribution in [-0.4, -0.2) is 24.7 Å². The highest BCUT2D eigenvalue weighted by Crippen LogP contribution is 2.38. The molecule has 0 spiro atoms. The molecule has 1 aromatic heterocycles. The van der Waals surface area contributed by atoms with E-state index in [0.717, 1.165) is 49.3 Å². The Bertz CT molecular complexity index is 914. The van der Waals surface area contributed by atoms with Crippen LogP contribution in [-0.2, 0) is 12.8 Å². The molecular formula is C22H26N2O2. The van der Waals surface area contributed by atoms with Gasteiger partial charge in [0.2, 0.25) is 0 Å². The van der Waals surface area contributed by atoms with E-state index in [1.807, 2.05) is 6.07 Å². The smallest absolute Gasteiger partial charge is 0.162 e. The number of aromatic amines is 1. The van der Waals surface area contributed by atoms with Crippen molar-refractivity contribution >= 4 is 10.9 Å². The van der Waals surface area contributed by atoms with E-state index in [-0.39, 0.29) is 0 Å². The van der Waals surface area contributed by atoms with Crippen molar-refractivity contribution in [3.8, 4) is 22.8 Å². The number of aromatic nitrogens is 1. The van der Waals surface area contributed by atoms with Gasteiger partial charge in [0, 0.05) is 22.2 Å². The van der Waals surface area contributed by atoms with E-state index in [2.05, 4.69) is 42.2 Å². The molecule has 0 saturated carbocycles. The minimum atomic E-state index is 0.604. The topological polar surface area (TPSA) is 60.3 Å². The van der Waals surface area contributed by atoms with Gasteiger partial charge in [0.1, 0.15) is 13.2 Å². The van der Waals surface area contributed by atoms with E-state index in [1.165, 1.54) is 27.7 Å². The largest absolute Gasteiger partial charge is 0.486 e. The molecule has 0 saturated heterocycles. The Labute approximate surface area is 154 Å². The number of rotatable bonds is 6. The van der Waals surface area contributed by atoms with Gasteiger partial charge >= 0.3 is 0 Å². The molecule has 0 unspecified atom stereocenters. The van der Waals surface area contributed by atoms with Gasteiger partial charge in [-0.15, -0.1) is 0 Å². The zero-order valence-corrected chi connectivity index (χ0v) is 15.3. The van der Waals surface area contributed by atoms with Gasteiger partial charge in [0.05, 0.1) is 0 Å². The predicted octanol–water partition coefficient (Wildman–Crippen LogP) is 4.45. The molecule has 4 heteroatoms. The van der Waals surface area contributed by atoms with Gasteiger partial charge in [0.25, 0.3) is 0 Å². The lowest BCUT2D eigenvalue weighted by Gasteiger charge is -2.19. The molecule has 3 aromatic rings. The van der Waals surface area contributed by atoms with Crippen molar-refractivity contribution in [3.05, 3.63) is 47.5 Å². The summed E-state index contributed by atoms with van der Waals surface area (Å²) in [6, 6.07) is 12.8. The lowest BCUT2D eigenvalue weighted by molar-refractivity contribution is 0.171. The van der Waals surface area contributed by atoms with Crippen molar-refractivity contribution in [3.63, 3.8) is 0 Å². The summed E-state index contributed by atoms with van der Waals surface area (Å²) in [4.78, 5) is 3.71. The van der Waals surface area contributed by atoms with E-state index >= 15 is 0 Å². The molecule has 136 valence electrons. The average molecular weight is 350 g/mol. The van der Waals surface area contributed by atoms with E-state index in [0.29, 0.717) is 13.2 Å². The maximum Gasteiger partial charge on any atom is 0.162 e. The van der Waals surface area contributed by atoms with Crippen LogP contribution in [0.15, 0.2) is 36.4 Å². The van der Waals surface area contributed by atoms with E-state index in [9.17, 15) is 0 Å². The summed E-state index contributed by atoms with van der Waals surface area (Å²) in [5.74, 6) is 1.66. The first kappa shape index (κ1) is 17.0. The zero-order valence-electron chi connectivity index (χ0n) is 15.3. The molecule has 26 heavy (non-hydrogen) atoms. The van der Waals surface area contributed by atoms with Crippen LogP contribution in [0.5, 0.6) is 11.5 Å². The third kappa shape index (κ3) is 3.06. The lowest BCUT2D eigenvalue weighted by Crippen LogP contribution is -2.15. The van der Waals surface area contributed by atoms with Crippen LogP contribution < -0.4 is 15.2 Å². The monoisotopic (exact) mass is 350 g/mol. The van der Waals surface area contributed by atoms with Crippen molar-refractivity contribution in [2.75, 3.05) is 19.8 Å². The Hall–Kier alpha value is -2.46. The summed E-state index contributed by atoms with van der Waals surface area (Å²) < 4.78 is 11.5. The average Bonchev–Trinajstić information content (AvgIpc) is 3.06. The van der Waals surface area contributed by atoms with Crippen LogP contribution in [0.1, 0.15) is 30.9 Å². The molecule has 4 rings (SSSR count). The highest BCUT2D eigenvalue weighted by molar-refractivity contribution is 5.93. The summed E-state index contributed by atoms with van der Waals surface area (Å²) >= 11 is 0. The van der Waals surface area contributed by atoms with Gasteiger partial charge < -0.3 is 20.2 Å². The molecule has 0 fully saturated rings. The van der Waals surface area contributed by atoms with Crippen molar-refractivity contribution in [1.29, 1.82) is 0 Å². The number of para-hydroxylation sites is 1. The summed E-state index contributed by atoms with van der Waals surface area (Å²) in [5, 5.41) is 1.33. The number of unbranched alkanes of at least 4 members (excludes halogenated alkanes) is 1. The molecule has 2 heterocycles. The van der Waals surface area contributed by atoms with Gasteiger partial charge in [-0.1, -0.05) is 25.1 Å². The normalized spacial score (nSPS) is 13.3. The van der Waals surface area contributed by atoms with E-state index in [4.69, 9.17) is 15.2 Å². The summed E-state index contributed by atoms with van der Waals surface area (Å²) in [6.07, 6.45) is 4.17. The van der Waals surface area contributed by atoms with Gasteiger partial charge in [-0.05, 0) is 61.6 Å². The fourth-order valence-electron chi connectivity index (χ4n) is 3.78. The molecule has 1 aliphatic heterocycles. The number of benzene rings is 2. The quantitative estimate of drug-likeness (QED) is 0.646. The second kappa shape index (κ2) is 7.42. The highest BCUT2D eigenvalue weighted by Gasteiger charge is 2.18. The number of ether oxygens (including phenoxy) is 2. The second-order valence-corrected chi connectivity index (χ2v) is 6.78. The van der Waals surface area contributed by atoms with Gasteiger partial charge in [-0.2, -0.15) is 0 Å². The number of nitrogens with two attached hydrogens (primary N) is 1. The van der Waals surface area contributed by atoms with Crippen molar-refractivity contribution in [2.24, 2.45) is 5.73 Å². The molecular weight excluding hydrogens is 324 g/mol. The second-order valence-electron chi connectivity index (χ2n) is 6.78. The van der Waals surface area contributed by atoms with Crippen LogP contribution in [0, 0.1) is 0 Å². The maximum absolute atomic E-state index is 5.79. The molecule has 0 amide bonds. The van der Waals surface area contributed by atoms with Crippen molar-refractivity contribution in [2.45, 2.75) is 32.6 Å². The Balaban J connectivity index is 1.83. The fourth-order valence-corrected chi connectivity index (χ4v) is 3.78. The van der Waals surface area contributed by atoms with Crippen LogP contribution in [0.4, 0.5) is 0 Å². The van der Waals surface area contributed by atoms with Crippen LogP contribution in [0.3, 0.4) is 0 Å². The molecule has 2 aromatic carbocycles. The number of aryl methyl sites for hydroxylation is 2. The lowest BCUT2D eigenvalue weighted by atomic mass is 9.99. The molecule has 3 N–H and O–H groups in total. The molecule has 1 aliphatic rings. The number of hydrogen-bond acceptors (Lipinski definition) is 3. The maximum atomic E-state index is 5.79. The standard InChI is InChI=1S/C22H26N2O2/c1-2-15-6-5-8-18-17(7-3-4-11-23)22(24-21(15)18)16-9-10-19-20(14-16)26-13-12-25-19/h5-6,8-10,14,24H,2-4,7,11-13,23H2,1H3. The first-order chi connectivity index (χ1) is 12.8. The SMILES string of the molecule is CCc1cccc2c(CCCCN)c(-c3ccc4c(c3)OCCO4)[nH]c12. The molecule has 0 radical (unpaired) electrons. The van der Waals surface area contributed by atoms with E-state index < -0.39 is 0 Å². The number of nitrogens with one attached hydrogen (secondary N) is 1. The van der Waals surface area contributed by atoms with Crippen LogP contribution in [0.2, 0.25) is 0 Å². The van der Waals surface area contributed by atoms with Crippen LogP contribution in [0.25, 0.3) is 22.2 Å². The van der Waals surface area contributed by atoms with E-state index in [1.54, 1.807) is 0 Å². The van der Waals surface area contributed by atoms with Gasteiger partial charge in [0.15, 0.2) is 11.5 Å². The van der Waals surface area contributed by atoms with Crippen molar-refractivity contribution in [1.82, 2.24) is 4.98 Å². The summed E-state index contributed by atoms with van der Waals surface area (Å²) in [5.41, 5.74) is 12.0. The fraction of sp³-hybridized carbons (Fsp3) is 0.364. The third-order valence-corrected chi connectivity index (χ3v) is 5.12. The summed E-state index contributed by atoms with van der Waals surface area (Å²) in [7, 11) is 0. The minimum absolute atomic E-state index is 0.604. The van der Waals surface area contributed by atoms with Crippen molar-refractivity contribution < 1.29 is 9.47 Å². The Morgan fingerprint density at radius 2 is 1.88 bits per heavy atom. The number of hydrogen-bond donors (Lipinski definition) is 2. The molecule has 0 bridgehead atoms. The Kier molecular flexibility index (Phi) is 4.85. The number of fused-ring (bicyclic) bond motifs is 2. The Morgan fingerprint density at radius 1 is 1.04 bits per heavy atom. The Morgan fingerprint density at radius 3 is 2.69 bits per heavy atom. The third-order valence-electron chi connectivity index (χ3n) is 5.12. The van der Waals surface area contributed by atoms with Gasteiger partial charge in [-0.3, -0.25) is 0 Å². The molecule has 0 atom stereocenters.